The second-order valence-corrected chi connectivity index (χ2v) is 5.72. The van der Waals surface area contributed by atoms with E-state index in [1.54, 1.807) is 6.07 Å². The zero-order valence-electron chi connectivity index (χ0n) is 8.55. The summed E-state index contributed by atoms with van der Waals surface area (Å²) >= 11 is 5.74. The minimum Gasteiger partial charge on any atom is -0.480 e. The third kappa shape index (κ3) is 2.36. The molecule has 4 nitrogen and oxygen atoms in total. The van der Waals surface area contributed by atoms with Gasteiger partial charge in [0.25, 0.3) is 0 Å². The lowest BCUT2D eigenvalue weighted by atomic mass is 10.3. The van der Waals surface area contributed by atoms with Gasteiger partial charge in [0.2, 0.25) is 0 Å². The Kier molecular flexibility index (Phi) is 3.93. The van der Waals surface area contributed by atoms with Gasteiger partial charge in [-0.15, -0.1) is 0 Å². The monoisotopic (exact) mass is 262 g/mol. The summed E-state index contributed by atoms with van der Waals surface area (Å²) in [5.41, 5.74) is 0. The van der Waals surface area contributed by atoms with Crippen molar-refractivity contribution in [2.75, 3.05) is 0 Å². The van der Waals surface area contributed by atoms with Crippen LogP contribution in [0.4, 0.5) is 0 Å². The molecule has 16 heavy (non-hydrogen) atoms. The van der Waals surface area contributed by atoms with Gasteiger partial charge in [-0.1, -0.05) is 30.7 Å². The van der Waals surface area contributed by atoms with Gasteiger partial charge in [-0.25, -0.2) is 8.42 Å². The molecule has 0 saturated heterocycles. The fraction of sp³-hybridized carbons (Fsp3) is 0.300. The summed E-state index contributed by atoms with van der Waals surface area (Å²) in [4.78, 5) is 10.7. The van der Waals surface area contributed by atoms with E-state index in [1.165, 1.54) is 25.1 Å². The first-order valence-corrected chi connectivity index (χ1v) is 6.55. The van der Waals surface area contributed by atoms with Crippen LogP contribution in [0.5, 0.6) is 0 Å². The number of hydrogen-bond donors (Lipinski definition) is 1. The summed E-state index contributed by atoms with van der Waals surface area (Å²) in [5.74, 6) is -1.36. The molecule has 1 rings (SSSR count). The Balaban J connectivity index is 3.32. The fourth-order valence-electron chi connectivity index (χ4n) is 1.36. The van der Waals surface area contributed by atoms with E-state index in [-0.39, 0.29) is 16.3 Å². The normalized spacial score (nSPS) is 13.4. The molecule has 1 N–H and O–H groups in total. The Bertz CT molecular complexity index is 495. The van der Waals surface area contributed by atoms with Crippen LogP contribution in [-0.4, -0.2) is 24.7 Å². The van der Waals surface area contributed by atoms with Crippen LogP contribution in [0.15, 0.2) is 29.2 Å². The van der Waals surface area contributed by atoms with E-state index in [9.17, 15) is 13.2 Å². The van der Waals surface area contributed by atoms with Gasteiger partial charge < -0.3 is 5.11 Å². The van der Waals surface area contributed by atoms with Gasteiger partial charge in [0.15, 0.2) is 15.1 Å². The van der Waals surface area contributed by atoms with Gasteiger partial charge in [-0.05, 0) is 18.6 Å². The number of benzene rings is 1. The maximum absolute atomic E-state index is 12.0. The Hall–Kier alpha value is -1.07. The smallest absolute Gasteiger partial charge is 0.322 e. The molecule has 1 aromatic rings. The van der Waals surface area contributed by atoms with Gasteiger partial charge in [0.05, 0.1) is 9.92 Å². The summed E-state index contributed by atoms with van der Waals surface area (Å²) in [6.07, 6.45) is 0.00287. The summed E-state index contributed by atoms with van der Waals surface area (Å²) < 4.78 is 23.9. The van der Waals surface area contributed by atoms with Crippen LogP contribution in [0.3, 0.4) is 0 Å². The number of carbonyl (C=O) groups is 1. The fourth-order valence-corrected chi connectivity index (χ4v) is 3.43. The van der Waals surface area contributed by atoms with Crippen LogP contribution in [0.1, 0.15) is 13.3 Å². The van der Waals surface area contributed by atoms with E-state index >= 15 is 0 Å². The van der Waals surface area contributed by atoms with Crippen molar-refractivity contribution in [2.45, 2.75) is 23.5 Å². The lowest BCUT2D eigenvalue weighted by Gasteiger charge is -2.12. The minimum absolute atomic E-state index is 0.00287. The summed E-state index contributed by atoms with van der Waals surface area (Å²) in [6.45, 7) is 1.51. The summed E-state index contributed by atoms with van der Waals surface area (Å²) in [5, 5.41) is 7.43. The molecule has 88 valence electrons. The van der Waals surface area contributed by atoms with Crippen LogP contribution in [0, 0.1) is 0 Å². The molecule has 0 radical (unpaired) electrons. The second kappa shape index (κ2) is 4.84. The largest absolute Gasteiger partial charge is 0.480 e. The molecule has 1 aromatic carbocycles. The summed E-state index contributed by atoms with van der Waals surface area (Å²) in [6, 6.07) is 5.82. The topological polar surface area (TPSA) is 71.4 Å². The number of carboxylic acids is 1. The van der Waals surface area contributed by atoms with E-state index in [1.807, 2.05) is 0 Å². The van der Waals surface area contributed by atoms with E-state index in [2.05, 4.69) is 0 Å². The van der Waals surface area contributed by atoms with Crippen molar-refractivity contribution < 1.29 is 18.3 Å². The molecule has 0 fully saturated rings. The molecule has 0 spiro atoms. The standard InChI is InChI=1S/C10H11ClO4S/c1-2-8(10(12)13)16(14,15)9-6-4-3-5-7(9)11/h3-6,8H,2H2,1H3,(H,12,13). The Morgan fingerprint density at radius 1 is 1.44 bits per heavy atom. The van der Waals surface area contributed by atoms with Crippen molar-refractivity contribution in [3.05, 3.63) is 29.3 Å². The molecule has 1 atom stereocenters. The SMILES string of the molecule is CCC(C(=O)O)S(=O)(=O)c1ccccc1Cl. The Morgan fingerprint density at radius 3 is 2.44 bits per heavy atom. The van der Waals surface area contributed by atoms with Crippen molar-refractivity contribution in [1.82, 2.24) is 0 Å². The number of halogens is 1. The molecule has 1 unspecified atom stereocenters. The van der Waals surface area contributed by atoms with Crippen LogP contribution >= 0.6 is 11.6 Å². The minimum atomic E-state index is -3.91. The van der Waals surface area contributed by atoms with Crippen molar-refractivity contribution in [3.63, 3.8) is 0 Å². The van der Waals surface area contributed by atoms with Crippen LogP contribution in [0.25, 0.3) is 0 Å². The van der Waals surface area contributed by atoms with Crippen LogP contribution in [-0.2, 0) is 14.6 Å². The zero-order chi connectivity index (χ0) is 12.3. The molecule has 0 aliphatic rings. The van der Waals surface area contributed by atoms with E-state index in [4.69, 9.17) is 16.7 Å². The number of aliphatic carboxylic acids is 1. The third-order valence-corrected chi connectivity index (χ3v) is 4.86. The highest BCUT2D eigenvalue weighted by atomic mass is 35.5. The number of hydrogen-bond acceptors (Lipinski definition) is 3. The predicted octanol–water partition coefficient (Wildman–Crippen LogP) is 1.98. The average molecular weight is 263 g/mol. The highest BCUT2D eigenvalue weighted by molar-refractivity contribution is 7.92. The lowest BCUT2D eigenvalue weighted by Crippen LogP contribution is -2.29. The molecule has 0 aliphatic carbocycles. The first-order chi connectivity index (χ1) is 7.41. The average Bonchev–Trinajstić information content (AvgIpc) is 2.17. The molecule has 0 amide bonds. The number of sulfone groups is 1. The predicted molar refractivity (Wildman–Crippen MR) is 60.4 cm³/mol. The van der Waals surface area contributed by atoms with Crippen LogP contribution < -0.4 is 0 Å². The first kappa shape index (κ1) is 13.0. The Labute approximate surface area is 98.8 Å². The van der Waals surface area contributed by atoms with E-state index in [0.29, 0.717) is 0 Å². The maximum atomic E-state index is 12.0. The van der Waals surface area contributed by atoms with Gasteiger partial charge in [-0.2, -0.15) is 0 Å². The lowest BCUT2D eigenvalue weighted by molar-refractivity contribution is -0.136. The number of rotatable bonds is 4. The number of carboxylic acid groups (broad SMARTS) is 1. The first-order valence-electron chi connectivity index (χ1n) is 4.62. The van der Waals surface area contributed by atoms with E-state index in [0.717, 1.165) is 0 Å². The van der Waals surface area contributed by atoms with Gasteiger partial charge in [0.1, 0.15) is 0 Å². The Morgan fingerprint density at radius 2 is 2.00 bits per heavy atom. The molecule has 0 heterocycles. The summed E-state index contributed by atoms with van der Waals surface area (Å²) in [7, 11) is -3.91. The second-order valence-electron chi connectivity index (χ2n) is 3.21. The highest BCUT2D eigenvalue weighted by Crippen LogP contribution is 2.25. The zero-order valence-corrected chi connectivity index (χ0v) is 10.1. The molecule has 0 bridgehead atoms. The molecule has 0 aliphatic heterocycles. The van der Waals surface area contributed by atoms with Crippen LogP contribution in [0.2, 0.25) is 5.02 Å². The molecular formula is C10H11ClO4S. The molecule has 6 heteroatoms. The van der Waals surface area contributed by atoms with Crippen molar-refractivity contribution in [1.29, 1.82) is 0 Å². The molecular weight excluding hydrogens is 252 g/mol. The van der Waals surface area contributed by atoms with Gasteiger partial charge >= 0.3 is 5.97 Å². The van der Waals surface area contributed by atoms with Crippen molar-refractivity contribution in [3.8, 4) is 0 Å². The van der Waals surface area contributed by atoms with Gasteiger partial charge in [0, 0.05) is 0 Å². The molecule has 0 aromatic heterocycles. The quantitative estimate of drug-likeness (QED) is 0.901. The van der Waals surface area contributed by atoms with Gasteiger partial charge in [-0.3, -0.25) is 4.79 Å². The highest BCUT2D eigenvalue weighted by Gasteiger charge is 2.33. The van der Waals surface area contributed by atoms with Crippen molar-refractivity contribution >= 4 is 27.4 Å². The third-order valence-electron chi connectivity index (χ3n) is 2.16. The maximum Gasteiger partial charge on any atom is 0.322 e. The molecule has 0 saturated carbocycles. The van der Waals surface area contributed by atoms with Crippen molar-refractivity contribution in [2.24, 2.45) is 0 Å². The van der Waals surface area contributed by atoms with E-state index < -0.39 is 21.1 Å².